The van der Waals surface area contributed by atoms with Gasteiger partial charge in [0.1, 0.15) is 16.3 Å². The first kappa shape index (κ1) is 18.7. The van der Waals surface area contributed by atoms with E-state index in [1.165, 1.54) is 4.57 Å². The van der Waals surface area contributed by atoms with Crippen LogP contribution < -0.4 is 4.74 Å². The smallest absolute Gasteiger partial charge is 0.427 e. The fourth-order valence-corrected chi connectivity index (χ4v) is 3.29. The number of rotatable bonds is 4. The van der Waals surface area contributed by atoms with E-state index in [2.05, 4.69) is 15.2 Å². The average Bonchev–Trinajstić information content (AvgIpc) is 3.15. The molecule has 0 fully saturated rings. The van der Waals surface area contributed by atoms with Crippen LogP contribution in [0.5, 0.6) is 5.75 Å². The number of ether oxygens (including phenoxy) is 1. The molecule has 0 atom stereocenters. The summed E-state index contributed by atoms with van der Waals surface area (Å²) < 4.78 is 46.8. The molecule has 0 aliphatic carbocycles. The maximum absolute atomic E-state index is 13.1. The van der Waals surface area contributed by atoms with Gasteiger partial charge in [0.25, 0.3) is 0 Å². The second-order valence-electron chi connectivity index (χ2n) is 6.00. The summed E-state index contributed by atoms with van der Waals surface area (Å²) in [6.45, 7) is 3.50. The Kier molecular flexibility index (Phi) is 4.70. The van der Waals surface area contributed by atoms with Crippen LogP contribution in [0.25, 0.3) is 11.5 Å². The number of alkyl halides is 3. The third-order valence-corrected chi connectivity index (χ3v) is 4.76. The first-order chi connectivity index (χ1) is 12.1. The molecule has 0 saturated heterocycles. The number of nitrogens with zero attached hydrogens (tertiary/aromatic N) is 4. The van der Waals surface area contributed by atoms with Gasteiger partial charge in [0.05, 0.1) is 5.51 Å². The Bertz CT molecular complexity index is 918. The van der Waals surface area contributed by atoms with Crippen LogP contribution >= 0.6 is 22.9 Å². The van der Waals surface area contributed by atoms with Crippen molar-refractivity contribution in [3.05, 3.63) is 45.5 Å². The normalized spacial score (nSPS) is 12.4. The van der Waals surface area contributed by atoms with Crippen molar-refractivity contribution < 1.29 is 17.9 Å². The fourth-order valence-electron chi connectivity index (χ4n) is 2.51. The second kappa shape index (κ2) is 6.55. The molecule has 0 N–H and O–H groups in total. The summed E-state index contributed by atoms with van der Waals surface area (Å²) in [6.07, 6.45) is -4.50. The van der Waals surface area contributed by atoms with Crippen molar-refractivity contribution in [2.24, 2.45) is 7.05 Å². The Hall–Kier alpha value is -2.13. The minimum absolute atomic E-state index is 0.0290. The molecule has 0 aliphatic heterocycles. The number of benzene rings is 1. The van der Waals surface area contributed by atoms with E-state index >= 15 is 0 Å². The van der Waals surface area contributed by atoms with Crippen LogP contribution in [0.15, 0.2) is 29.8 Å². The standard InChI is InChI=1S/C16H14ClF3N4OS/c1-15(2,25-10-6-4-9(17)5-7-10)14-23-22-13(24(14)3)11-12(16(18,19)20)26-8-21-11/h4-8H,1-3H3. The molecule has 0 amide bonds. The Balaban J connectivity index is 1.96. The summed E-state index contributed by atoms with van der Waals surface area (Å²) in [4.78, 5) is 3.01. The zero-order valence-corrected chi connectivity index (χ0v) is 15.6. The molecule has 3 rings (SSSR count). The molecule has 0 aliphatic rings. The van der Waals surface area contributed by atoms with E-state index in [0.29, 0.717) is 27.9 Å². The Labute approximate surface area is 156 Å². The predicted molar refractivity (Wildman–Crippen MR) is 92.2 cm³/mol. The third-order valence-electron chi connectivity index (χ3n) is 3.64. The van der Waals surface area contributed by atoms with E-state index in [1.54, 1.807) is 45.2 Å². The van der Waals surface area contributed by atoms with Crippen LogP contribution in [-0.2, 0) is 18.8 Å². The second-order valence-corrected chi connectivity index (χ2v) is 7.29. The minimum Gasteiger partial charge on any atom is -0.480 e. The molecule has 26 heavy (non-hydrogen) atoms. The molecule has 5 nitrogen and oxygen atoms in total. The highest BCUT2D eigenvalue weighted by molar-refractivity contribution is 7.10. The van der Waals surface area contributed by atoms with Crippen molar-refractivity contribution in [1.82, 2.24) is 19.7 Å². The van der Waals surface area contributed by atoms with E-state index in [-0.39, 0.29) is 11.5 Å². The molecule has 1 aromatic carbocycles. The van der Waals surface area contributed by atoms with Crippen molar-refractivity contribution in [3.63, 3.8) is 0 Å². The molecule has 10 heteroatoms. The number of aromatic nitrogens is 4. The van der Waals surface area contributed by atoms with Crippen LogP contribution in [-0.4, -0.2) is 19.7 Å². The summed E-state index contributed by atoms with van der Waals surface area (Å²) in [5.74, 6) is 0.943. The van der Waals surface area contributed by atoms with Gasteiger partial charge in [0, 0.05) is 12.1 Å². The zero-order valence-electron chi connectivity index (χ0n) is 14.0. The quantitative estimate of drug-likeness (QED) is 0.621. The lowest BCUT2D eigenvalue weighted by Gasteiger charge is -2.25. The molecule has 0 unspecified atom stereocenters. The lowest BCUT2D eigenvalue weighted by molar-refractivity contribution is -0.134. The van der Waals surface area contributed by atoms with Gasteiger partial charge in [0.15, 0.2) is 17.2 Å². The molecule has 2 aromatic heterocycles. The summed E-state index contributed by atoms with van der Waals surface area (Å²) in [5, 5.41) is 8.52. The van der Waals surface area contributed by atoms with E-state index < -0.39 is 16.7 Å². The van der Waals surface area contributed by atoms with Crippen molar-refractivity contribution in [2.45, 2.75) is 25.6 Å². The number of hydrogen-bond donors (Lipinski definition) is 0. The van der Waals surface area contributed by atoms with Gasteiger partial charge in [0.2, 0.25) is 0 Å². The highest BCUT2D eigenvalue weighted by Crippen LogP contribution is 2.39. The van der Waals surface area contributed by atoms with Gasteiger partial charge in [-0.3, -0.25) is 0 Å². The van der Waals surface area contributed by atoms with Gasteiger partial charge >= 0.3 is 6.18 Å². The van der Waals surface area contributed by atoms with Gasteiger partial charge in [-0.1, -0.05) is 11.6 Å². The highest BCUT2D eigenvalue weighted by atomic mass is 35.5. The van der Waals surface area contributed by atoms with E-state index in [4.69, 9.17) is 16.3 Å². The van der Waals surface area contributed by atoms with Crippen molar-refractivity contribution >= 4 is 22.9 Å². The van der Waals surface area contributed by atoms with Gasteiger partial charge in [-0.15, -0.1) is 21.5 Å². The predicted octanol–water partition coefficient (Wildman–Crippen LogP) is 4.92. The largest absolute Gasteiger partial charge is 0.480 e. The molecule has 0 saturated carbocycles. The Morgan fingerprint density at radius 2 is 1.77 bits per heavy atom. The summed E-state index contributed by atoms with van der Waals surface area (Å²) in [7, 11) is 1.58. The lowest BCUT2D eigenvalue weighted by atomic mass is 10.1. The number of thiazole rings is 1. The first-order valence-electron chi connectivity index (χ1n) is 7.45. The maximum Gasteiger partial charge on any atom is 0.427 e. The fraction of sp³-hybridized carbons (Fsp3) is 0.312. The number of halogens is 4. The average molecular weight is 403 g/mol. The van der Waals surface area contributed by atoms with Crippen molar-refractivity contribution in [1.29, 1.82) is 0 Å². The lowest BCUT2D eigenvalue weighted by Crippen LogP contribution is -2.29. The van der Waals surface area contributed by atoms with E-state index in [9.17, 15) is 13.2 Å². The van der Waals surface area contributed by atoms with Crippen LogP contribution in [0.1, 0.15) is 24.5 Å². The third kappa shape index (κ3) is 3.54. The molecule has 2 heterocycles. The highest BCUT2D eigenvalue weighted by Gasteiger charge is 2.39. The van der Waals surface area contributed by atoms with Crippen LogP contribution in [0.2, 0.25) is 5.02 Å². The monoisotopic (exact) mass is 402 g/mol. The topological polar surface area (TPSA) is 52.8 Å². The zero-order chi connectivity index (χ0) is 19.1. The molecular formula is C16H14ClF3N4OS. The Morgan fingerprint density at radius 3 is 2.38 bits per heavy atom. The SMILES string of the molecule is Cn1c(-c2ncsc2C(F)(F)F)nnc1C(C)(C)Oc1ccc(Cl)cc1. The van der Waals surface area contributed by atoms with Gasteiger partial charge in [-0.25, -0.2) is 4.98 Å². The molecule has 138 valence electrons. The van der Waals surface area contributed by atoms with E-state index in [0.717, 1.165) is 5.51 Å². The van der Waals surface area contributed by atoms with Crippen LogP contribution in [0.4, 0.5) is 13.2 Å². The first-order valence-corrected chi connectivity index (χ1v) is 8.71. The van der Waals surface area contributed by atoms with E-state index in [1.807, 2.05) is 0 Å². The van der Waals surface area contributed by atoms with Crippen molar-refractivity contribution in [3.8, 4) is 17.3 Å². The van der Waals surface area contributed by atoms with Gasteiger partial charge in [-0.2, -0.15) is 13.2 Å². The van der Waals surface area contributed by atoms with Crippen molar-refractivity contribution in [2.75, 3.05) is 0 Å². The van der Waals surface area contributed by atoms with Gasteiger partial charge < -0.3 is 9.30 Å². The molecule has 0 radical (unpaired) electrons. The molecule has 0 bridgehead atoms. The summed E-state index contributed by atoms with van der Waals surface area (Å²) in [6, 6.07) is 6.76. The number of hydrogen-bond acceptors (Lipinski definition) is 5. The minimum atomic E-state index is -4.50. The van der Waals surface area contributed by atoms with Gasteiger partial charge in [-0.05, 0) is 38.1 Å². The Morgan fingerprint density at radius 1 is 1.12 bits per heavy atom. The molecule has 0 spiro atoms. The molecule has 3 aromatic rings. The van der Waals surface area contributed by atoms with Crippen LogP contribution in [0, 0.1) is 0 Å². The van der Waals surface area contributed by atoms with Crippen LogP contribution in [0.3, 0.4) is 0 Å². The maximum atomic E-state index is 13.1. The summed E-state index contributed by atoms with van der Waals surface area (Å²) in [5.41, 5.74) is -0.0459. The molecular weight excluding hydrogens is 389 g/mol. The summed E-state index contributed by atoms with van der Waals surface area (Å²) >= 11 is 6.38.